The van der Waals surface area contributed by atoms with Gasteiger partial charge in [0.25, 0.3) is 0 Å². The molecule has 1 rings (SSSR count). The van der Waals surface area contributed by atoms with Crippen molar-refractivity contribution in [2.75, 3.05) is 33.4 Å². The Bertz CT molecular complexity index is 132. The molecule has 2 atom stereocenters. The van der Waals surface area contributed by atoms with Crippen LogP contribution in [0.3, 0.4) is 0 Å². The zero-order valence-electron chi connectivity index (χ0n) is 8.41. The summed E-state index contributed by atoms with van der Waals surface area (Å²) in [6.45, 7) is 5.25. The number of rotatable bonds is 5. The quantitative estimate of drug-likeness (QED) is 0.634. The van der Waals surface area contributed by atoms with Crippen LogP contribution < -0.4 is 5.32 Å². The van der Waals surface area contributed by atoms with Crippen LogP contribution in [0.15, 0.2) is 0 Å². The highest BCUT2D eigenvalue weighted by Crippen LogP contribution is 2.10. The second kappa shape index (κ2) is 6.32. The van der Waals surface area contributed by atoms with Gasteiger partial charge in [-0.3, -0.25) is 0 Å². The third-order valence-corrected chi connectivity index (χ3v) is 2.03. The van der Waals surface area contributed by atoms with E-state index in [1.165, 1.54) is 0 Å². The molecule has 1 aliphatic rings. The summed E-state index contributed by atoms with van der Waals surface area (Å²) in [5.41, 5.74) is 0. The fourth-order valence-electron chi connectivity index (χ4n) is 1.33. The molecule has 1 saturated heterocycles. The van der Waals surface area contributed by atoms with Crippen LogP contribution in [0.25, 0.3) is 0 Å². The van der Waals surface area contributed by atoms with Crippen LogP contribution in [-0.2, 0) is 14.2 Å². The molecular weight excluding hydrogens is 170 g/mol. The third kappa shape index (κ3) is 4.57. The average Bonchev–Trinajstić information content (AvgIpc) is 2.13. The maximum Gasteiger partial charge on any atom is 0.155 e. The summed E-state index contributed by atoms with van der Waals surface area (Å²) in [6, 6.07) is 0. The fourth-order valence-corrected chi connectivity index (χ4v) is 1.33. The molecule has 2 unspecified atom stereocenters. The zero-order valence-corrected chi connectivity index (χ0v) is 8.41. The molecule has 78 valence electrons. The summed E-state index contributed by atoms with van der Waals surface area (Å²) in [4.78, 5) is 0. The van der Waals surface area contributed by atoms with Crippen molar-refractivity contribution in [1.29, 1.82) is 0 Å². The predicted molar refractivity (Wildman–Crippen MR) is 49.6 cm³/mol. The molecule has 0 aromatic carbocycles. The van der Waals surface area contributed by atoms with Crippen molar-refractivity contribution in [3.63, 3.8) is 0 Å². The second-order valence-electron chi connectivity index (χ2n) is 3.18. The van der Waals surface area contributed by atoms with Crippen LogP contribution in [0, 0.1) is 0 Å². The van der Waals surface area contributed by atoms with Gasteiger partial charge in [-0.2, -0.15) is 0 Å². The summed E-state index contributed by atoms with van der Waals surface area (Å²) < 4.78 is 15.7. The van der Waals surface area contributed by atoms with E-state index < -0.39 is 0 Å². The summed E-state index contributed by atoms with van der Waals surface area (Å²) in [5.74, 6) is 0. The highest BCUT2D eigenvalue weighted by Gasteiger charge is 2.18. The number of nitrogens with one attached hydrogen (secondary N) is 1. The number of hydrogen-bond donors (Lipinski definition) is 1. The van der Waals surface area contributed by atoms with Gasteiger partial charge in [-0.1, -0.05) is 0 Å². The van der Waals surface area contributed by atoms with Crippen LogP contribution in [-0.4, -0.2) is 45.8 Å². The normalized spacial score (nSPS) is 29.1. The molecule has 4 nitrogen and oxygen atoms in total. The minimum atomic E-state index is -0.0528. The van der Waals surface area contributed by atoms with Crippen LogP contribution >= 0.6 is 0 Å². The SMILES string of the molecule is COCCNCC1CCOC(C)O1. The minimum Gasteiger partial charge on any atom is -0.383 e. The van der Waals surface area contributed by atoms with Crippen molar-refractivity contribution < 1.29 is 14.2 Å². The van der Waals surface area contributed by atoms with E-state index in [4.69, 9.17) is 14.2 Å². The lowest BCUT2D eigenvalue weighted by atomic mass is 10.2. The molecule has 1 heterocycles. The van der Waals surface area contributed by atoms with Gasteiger partial charge in [-0.25, -0.2) is 0 Å². The Morgan fingerprint density at radius 3 is 3.08 bits per heavy atom. The first kappa shape index (κ1) is 10.9. The standard InChI is InChI=1S/C9H19NO3/c1-8-12-5-3-9(13-8)7-10-4-6-11-2/h8-10H,3-7H2,1-2H3. The molecule has 13 heavy (non-hydrogen) atoms. The number of hydrogen-bond acceptors (Lipinski definition) is 4. The van der Waals surface area contributed by atoms with Crippen LogP contribution in [0.5, 0.6) is 0 Å². The Balaban J connectivity index is 2.00. The largest absolute Gasteiger partial charge is 0.383 e. The van der Waals surface area contributed by atoms with Crippen LogP contribution in [0.1, 0.15) is 13.3 Å². The predicted octanol–water partition coefficient (Wildman–Crippen LogP) is 0.374. The average molecular weight is 189 g/mol. The van der Waals surface area contributed by atoms with E-state index in [9.17, 15) is 0 Å². The van der Waals surface area contributed by atoms with Gasteiger partial charge in [0.15, 0.2) is 6.29 Å². The Labute approximate surface area is 79.5 Å². The lowest BCUT2D eigenvalue weighted by molar-refractivity contribution is -0.200. The van der Waals surface area contributed by atoms with Gasteiger partial charge in [0.2, 0.25) is 0 Å². The Morgan fingerprint density at radius 1 is 1.54 bits per heavy atom. The van der Waals surface area contributed by atoms with Crippen molar-refractivity contribution in [1.82, 2.24) is 5.32 Å². The fraction of sp³-hybridized carbons (Fsp3) is 1.00. The Hall–Kier alpha value is -0.160. The maximum atomic E-state index is 5.54. The minimum absolute atomic E-state index is 0.0528. The van der Waals surface area contributed by atoms with Crippen molar-refractivity contribution in [3.05, 3.63) is 0 Å². The highest BCUT2D eigenvalue weighted by molar-refractivity contribution is 4.65. The van der Waals surface area contributed by atoms with Gasteiger partial charge in [-0.05, 0) is 13.3 Å². The number of ether oxygens (including phenoxy) is 3. The molecular formula is C9H19NO3. The molecule has 0 saturated carbocycles. The van der Waals surface area contributed by atoms with Crippen LogP contribution in [0.4, 0.5) is 0 Å². The lowest BCUT2D eigenvalue weighted by Crippen LogP contribution is -2.38. The highest BCUT2D eigenvalue weighted by atomic mass is 16.7. The van der Waals surface area contributed by atoms with E-state index >= 15 is 0 Å². The molecule has 0 aromatic heterocycles. The van der Waals surface area contributed by atoms with Gasteiger partial charge in [0.1, 0.15) is 0 Å². The van der Waals surface area contributed by atoms with E-state index in [2.05, 4.69) is 5.32 Å². The van der Waals surface area contributed by atoms with E-state index in [-0.39, 0.29) is 6.29 Å². The molecule has 1 N–H and O–H groups in total. The molecule has 1 aliphatic heterocycles. The molecule has 0 radical (unpaired) electrons. The summed E-state index contributed by atoms with van der Waals surface area (Å²) in [5, 5.41) is 3.27. The van der Waals surface area contributed by atoms with Gasteiger partial charge >= 0.3 is 0 Å². The van der Waals surface area contributed by atoms with E-state index in [0.717, 1.165) is 32.7 Å². The Morgan fingerprint density at radius 2 is 2.38 bits per heavy atom. The molecule has 1 fully saturated rings. The van der Waals surface area contributed by atoms with Crippen molar-refractivity contribution >= 4 is 0 Å². The Kier molecular flexibility index (Phi) is 5.31. The molecule has 0 amide bonds. The first-order valence-corrected chi connectivity index (χ1v) is 4.79. The third-order valence-electron chi connectivity index (χ3n) is 2.03. The topological polar surface area (TPSA) is 39.7 Å². The van der Waals surface area contributed by atoms with E-state index in [1.807, 2.05) is 6.92 Å². The zero-order chi connectivity index (χ0) is 9.52. The van der Waals surface area contributed by atoms with E-state index in [0.29, 0.717) is 6.10 Å². The first-order valence-electron chi connectivity index (χ1n) is 4.79. The number of methoxy groups -OCH3 is 1. The van der Waals surface area contributed by atoms with Gasteiger partial charge in [-0.15, -0.1) is 0 Å². The van der Waals surface area contributed by atoms with Crippen molar-refractivity contribution in [2.45, 2.75) is 25.7 Å². The molecule has 0 aliphatic carbocycles. The smallest absolute Gasteiger partial charge is 0.155 e. The van der Waals surface area contributed by atoms with Crippen LogP contribution in [0.2, 0.25) is 0 Å². The molecule has 0 aromatic rings. The summed E-state index contributed by atoms with van der Waals surface area (Å²) >= 11 is 0. The summed E-state index contributed by atoms with van der Waals surface area (Å²) in [7, 11) is 1.70. The van der Waals surface area contributed by atoms with E-state index in [1.54, 1.807) is 7.11 Å². The molecule has 0 spiro atoms. The van der Waals surface area contributed by atoms with Gasteiger partial charge in [0, 0.05) is 20.2 Å². The second-order valence-corrected chi connectivity index (χ2v) is 3.18. The van der Waals surface area contributed by atoms with Crippen molar-refractivity contribution in [3.8, 4) is 0 Å². The van der Waals surface area contributed by atoms with Crippen molar-refractivity contribution in [2.24, 2.45) is 0 Å². The van der Waals surface area contributed by atoms with Gasteiger partial charge in [0.05, 0.1) is 19.3 Å². The molecule has 4 heteroatoms. The van der Waals surface area contributed by atoms with Gasteiger partial charge < -0.3 is 19.5 Å². The summed E-state index contributed by atoms with van der Waals surface area (Å²) in [6.07, 6.45) is 1.22. The first-order chi connectivity index (χ1) is 6.33. The monoisotopic (exact) mass is 189 g/mol. The lowest BCUT2D eigenvalue weighted by Gasteiger charge is -2.28. The maximum absolute atomic E-state index is 5.54. The molecule has 0 bridgehead atoms.